The summed E-state index contributed by atoms with van der Waals surface area (Å²) in [5, 5.41) is 0. The molecule has 1 aliphatic heterocycles. The van der Waals surface area contributed by atoms with E-state index in [4.69, 9.17) is 6.57 Å². The van der Waals surface area contributed by atoms with Crippen molar-refractivity contribution in [3.8, 4) is 0 Å². The van der Waals surface area contributed by atoms with Gasteiger partial charge in [0.15, 0.2) is 0 Å². The number of hydrogen-bond donors (Lipinski definition) is 0. The van der Waals surface area contributed by atoms with Crippen molar-refractivity contribution < 1.29 is 13.2 Å². The molecular formula is C12H11F3N2. The predicted molar refractivity (Wildman–Crippen MR) is 59.2 cm³/mol. The molecule has 1 aromatic carbocycles. The first-order valence-corrected chi connectivity index (χ1v) is 5.36. The van der Waals surface area contributed by atoms with Gasteiger partial charge in [0, 0.05) is 24.3 Å². The zero-order chi connectivity index (χ0) is 12.5. The fraction of sp³-hybridized carbons (Fsp3) is 0.417. The molecule has 0 aliphatic carbocycles. The molecule has 5 heteroatoms. The Kier molecular flexibility index (Phi) is 2.97. The maximum Gasteiger partial charge on any atom is 0.415 e. The van der Waals surface area contributed by atoms with E-state index in [0.29, 0.717) is 5.69 Å². The van der Waals surface area contributed by atoms with Crippen LogP contribution in [0, 0.1) is 6.57 Å². The standard InChI is InChI=1S/C12H11F3N2/c1-16-10-8-9(12(13,14)15)4-5-11(10)17-6-2-3-7-17/h4-5,8H,2-3,6-7H2. The maximum absolute atomic E-state index is 12.5. The number of halogens is 3. The third kappa shape index (κ3) is 2.36. The minimum absolute atomic E-state index is 0.0849. The van der Waals surface area contributed by atoms with Crippen LogP contribution in [0.2, 0.25) is 0 Å². The molecule has 0 amide bonds. The number of benzene rings is 1. The van der Waals surface area contributed by atoms with Gasteiger partial charge in [0.25, 0.3) is 0 Å². The third-order valence-corrected chi connectivity index (χ3v) is 2.87. The van der Waals surface area contributed by atoms with Gasteiger partial charge in [-0.15, -0.1) is 0 Å². The highest BCUT2D eigenvalue weighted by Crippen LogP contribution is 2.37. The lowest BCUT2D eigenvalue weighted by Gasteiger charge is -2.20. The van der Waals surface area contributed by atoms with Crippen LogP contribution < -0.4 is 4.90 Å². The molecule has 1 aliphatic rings. The van der Waals surface area contributed by atoms with Gasteiger partial charge in [0.2, 0.25) is 5.69 Å². The normalized spacial score (nSPS) is 16.0. The van der Waals surface area contributed by atoms with Crippen LogP contribution in [-0.2, 0) is 6.18 Å². The Morgan fingerprint density at radius 2 is 1.82 bits per heavy atom. The highest BCUT2D eigenvalue weighted by molar-refractivity contribution is 5.72. The van der Waals surface area contributed by atoms with Crippen LogP contribution in [0.5, 0.6) is 0 Å². The molecule has 90 valence electrons. The van der Waals surface area contributed by atoms with E-state index in [1.807, 2.05) is 4.90 Å². The summed E-state index contributed by atoms with van der Waals surface area (Å²) in [7, 11) is 0. The van der Waals surface area contributed by atoms with Crippen molar-refractivity contribution >= 4 is 11.4 Å². The molecule has 1 fully saturated rings. The Balaban J connectivity index is 2.39. The van der Waals surface area contributed by atoms with Gasteiger partial charge < -0.3 is 4.90 Å². The summed E-state index contributed by atoms with van der Waals surface area (Å²) in [5.74, 6) is 0. The van der Waals surface area contributed by atoms with Gasteiger partial charge in [-0.05, 0) is 25.0 Å². The van der Waals surface area contributed by atoms with Crippen molar-refractivity contribution in [3.63, 3.8) is 0 Å². The fourth-order valence-electron chi connectivity index (χ4n) is 2.01. The number of alkyl halides is 3. The number of nitrogens with zero attached hydrogens (tertiary/aromatic N) is 2. The second-order valence-electron chi connectivity index (χ2n) is 4.01. The van der Waals surface area contributed by atoms with Crippen molar-refractivity contribution in [3.05, 3.63) is 35.2 Å². The van der Waals surface area contributed by atoms with Crippen molar-refractivity contribution in [2.24, 2.45) is 0 Å². The van der Waals surface area contributed by atoms with Crippen LogP contribution in [0.1, 0.15) is 18.4 Å². The Morgan fingerprint density at radius 1 is 1.18 bits per heavy atom. The maximum atomic E-state index is 12.5. The molecular weight excluding hydrogens is 229 g/mol. The molecule has 0 bridgehead atoms. The van der Waals surface area contributed by atoms with Gasteiger partial charge in [0.1, 0.15) is 0 Å². The molecule has 0 spiro atoms. The van der Waals surface area contributed by atoms with Gasteiger partial charge in [0.05, 0.1) is 6.57 Å². The lowest BCUT2D eigenvalue weighted by atomic mass is 10.1. The summed E-state index contributed by atoms with van der Waals surface area (Å²) in [6.07, 6.45) is -2.33. The van der Waals surface area contributed by atoms with E-state index in [2.05, 4.69) is 4.85 Å². The minimum atomic E-state index is -4.39. The van der Waals surface area contributed by atoms with Crippen LogP contribution in [0.15, 0.2) is 18.2 Å². The van der Waals surface area contributed by atoms with E-state index < -0.39 is 11.7 Å². The molecule has 1 heterocycles. The van der Waals surface area contributed by atoms with Crippen molar-refractivity contribution in [2.45, 2.75) is 19.0 Å². The third-order valence-electron chi connectivity index (χ3n) is 2.87. The Morgan fingerprint density at radius 3 is 2.35 bits per heavy atom. The van der Waals surface area contributed by atoms with Gasteiger partial charge in [-0.1, -0.05) is 6.07 Å². The molecule has 0 unspecified atom stereocenters. The Bertz CT molecular complexity index is 454. The predicted octanol–water partition coefficient (Wildman–Crippen LogP) is 3.86. The zero-order valence-electron chi connectivity index (χ0n) is 9.09. The molecule has 0 saturated carbocycles. The summed E-state index contributed by atoms with van der Waals surface area (Å²) in [5.41, 5.74) is -0.0568. The van der Waals surface area contributed by atoms with E-state index in [-0.39, 0.29) is 5.69 Å². The first-order valence-electron chi connectivity index (χ1n) is 5.36. The van der Waals surface area contributed by atoms with Gasteiger partial charge in [-0.25, -0.2) is 4.85 Å². The summed E-state index contributed by atoms with van der Waals surface area (Å²) >= 11 is 0. The van der Waals surface area contributed by atoms with E-state index in [0.717, 1.165) is 38.1 Å². The summed E-state index contributed by atoms with van der Waals surface area (Å²) in [4.78, 5) is 5.16. The highest BCUT2D eigenvalue weighted by Gasteiger charge is 2.31. The van der Waals surface area contributed by atoms with Crippen molar-refractivity contribution in [1.29, 1.82) is 0 Å². The average molecular weight is 240 g/mol. The molecule has 0 N–H and O–H groups in total. The molecule has 2 rings (SSSR count). The monoisotopic (exact) mass is 240 g/mol. The Labute approximate surface area is 97.5 Å². The van der Waals surface area contributed by atoms with Crippen LogP contribution in [-0.4, -0.2) is 13.1 Å². The molecule has 2 nitrogen and oxygen atoms in total. The summed E-state index contributed by atoms with van der Waals surface area (Å²) in [6, 6.07) is 3.38. The van der Waals surface area contributed by atoms with Gasteiger partial charge in [-0.2, -0.15) is 13.2 Å². The molecule has 1 saturated heterocycles. The quantitative estimate of drug-likeness (QED) is 0.676. The lowest BCUT2D eigenvalue weighted by Crippen LogP contribution is -2.18. The summed E-state index contributed by atoms with van der Waals surface area (Å²) in [6.45, 7) is 8.61. The number of anilines is 1. The first-order chi connectivity index (χ1) is 8.02. The second-order valence-corrected chi connectivity index (χ2v) is 4.01. The smallest absolute Gasteiger partial charge is 0.380 e. The second kappa shape index (κ2) is 4.28. The molecule has 17 heavy (non-hydrogen) atoms. The SMILES string of the molecule is [C-]#[N+]c1cc(C(F)(F)F)ccc1N1CCCC1. The zero-order valence-corrected chi connectivity index (χ0v) is 9.09. The minimum Gasteiger partial charge on any atom is -0.380 e. The first kappa shape index (κ1) is 11.8. The molecule has 0 atom stereocenters. The summed E-state index contributed by atoms with van der Waals surface area (Å²) < 4.78 is 37.5. The van der Waals surface area contributed by atoms with Crippen molar-refractivity contribution in [1.82, 2.24) is 0 Å². The topological polar surface area (TPSA) is 7.60 Å². The van der Waals surface area contributed by atoms with Crippen molar-refractivity contribution in [2.75, 3.05) is 18.0 Å². The van der Waals surface area contributed by atoms with Crippen LogP contribution in [0.3, 0.4) is 0 Å². The van der Waals surface area contributed by atoms with E-state index in [1.165, 1.54) is 6.07 Å². The fourth-order valence-corrected chi connectivity index (χ4v) is 2.01. The number of hydrogen-bond acceptors (Lipinski definition) is 1. The molecule has 0 aromatic heterocycles. The van der Waals surface area contributed by atoms with E-state index >= 15 is 0 Å². The van der Waals surface area contributed by atoms with Crippen LogP contribution in [0.4, 0.5) is 24.5 Å². The number of rotatable bonds is 1. The van der Waals surface area contributed by atoms with Gasteiger partial charge >= 0.3 is 6.18 Å². The van der Waals surface area contributed by atoms with Crippen LogP contribution in [0.25, 0.3) is 4.85 Å². The average Bonchev–Trinajstić information content (AvgIpc) is 2.80. The van der Waals surface area contributed by atoms with Gasteiger partial charge in [-0.3, -0.25) is 0 Å². The lowest BCUT2D eigenvalue weighted by molar-refractivity contribution is -0.137. The highest BCUT2D eigenvalue weighted by atomic mass is 19.4. The Hall–Kier alpha value is -1.70. The molecule has 0 radical (unpaired) electrons. The van der Waals surface area contributed by atoms with E-state index in [9.17, 15) is 13.2 Å². The van der Waals surface area contributed by atoms with Crippen LogP contribution >= 0.6 is 0 Å². The molecule has 1 aromatic rings. The van der Waals surface area contributed by atoms with E-state index in [1.54, 1.807) is 0 Å². The largest absolute Gasteiger partial charge is 0.415 e.